The molecule has 1 unspecified atom stereocenters. The van der Waals surface area contributed by atoms with E-state index in [0.29, 0.717) is 23.7 Å². The number of benzene rings is 1. The van der Waals surface area contributed by atoms with E-state index in [4.69, 9.17) is 4.74 Å². The molecule has 21 heavy (non-hydrogen) atoms. The van der Waals surface area contributed by atoms with Crippen LogP contribution in [0.1, 0.15) is 30.6 Å². The standard InChI is InChI=1S/C15H17F2N3O/c1-3-6-18-13(11-5-4-10(16)9-12(11)17)14-15(21-2)20-8-7-19-14/h4-5,7-9,13,18H,3,6H2,1-2H3. The number of nitrogens with one attached hydrogen (secondary N) is 1. The zero-order valence-electron chi connectivity index (χ0n) is 11.9. The molecule has 1 atom stereocenters. The summed E-state index contributed by atoms with van der Waals surface area (Å²) < 4.78 is 32.4. The molecule has 0 saturated heterocycles. The molecule has 0 radical (unpaired) electrons. The average molecular weight is 293 g/mol. The van der Waals surface area contributed by atoms with E-state index in [9.17, 15) is 8.78 Å². The highest BCUT2D eigenvalue weighted by Crippen LogP contribution is 2.28. The molecule has 0 aliphatic rings. The monoisotopic (exact) mass is 293 g/mol. The highest BCUT2D eigenvalue weighted by molar-refractivity contribution is 5.33. The smallest absolute Gasteiger partial charge is 0.237 e. The summed E-state index contributed by atoms with van der Waals surface area (Å²) >= 11 is 0. The maximum Gasteiger partial charge on any atom is 0.237 e. The van der Waals surface area contributed by atoms with E-state index in [1.165, 1.54) is 31.6 Å². The molecule has 112 valence electrons. The third kappa shape index (κ3) is 3.52. The lowest BCUT2D eigenvalue weighted by Crippen LogP contribution is -2.25. The molecule has 6 heteroatoms. The molecule has 0 spiro atoms. The van der Waals surface area contributed by atoms with Gasteiger partial charge in [0.15, 0.2) is 0 Å². The first-order valence-electron chi connectivity index (χ1n) is 6.70. The van der Waals surface area contributed by atoms with Crippen LogP contribution in [0.2, 0.25) is 0 Å². The summed E-state index contributed by atoms with van der Waals surface area (Å²) in [7, 11) is 1.48. The van der Waals surface area contributed by atoms with Crippen molar-refractivity contribution >= 4 is 0 Å². The van der Waals surface area contributed by atoms with Crippen LogP contribution in [-0.2, 0) is 0 Å². The van der Waals surface area contributed by atoms with Crippen molar-refractivity contribution in [3.05, 3.63) is 53.5 Å². The predicted molar refractivity (Wildman–Crippen MR) is 75.1 cm³/mol. The Balaban J connectivity index is 2.47. The van der Waals surface area contributed by atoms with Gasteiger partial charge < -0.3 is 10.1 Å². The van der Waals surface area contributed by atoms with Crippen LogP contribution < -0.4 is 10.1 Å². The van der Waals surface area contributed by atoms with Gasteiger partial charge in [0.05, 0.1) is 13.2 Å². The van der Waals surface area contributed by atoms with Gasteiger partial charge in [0, 0.05) is 24.0 Å². The summed E-state index contributed by atoms with van der Waals surface area (Å²) in [6, 6.07) is 2.95. The van der Waals surface area contributed by atoms with Crippen LogP contribution in [0.25, 0.3) is 0 Å². The summed E-state index contributed by atoms with van der Waals surface area (Å²) in [6.45, 7) is 2.65. The third-order valence-corrected chi connectivity index (χ3v) is 3.03. The number of halogens is 2. The number of methoxy groups -OCH3 is 1. The predicted octanol–water partition coefficient (Wildman–Crippen LogP) is 2.85. The fourth-order valence-electron chi connectivity index (χ4n) is 2.07. The average Bonchev–Trinajstić information content (AvgIpc) is 2.49. The zero-order chi connectivity index (χ0) is 15.2. The van der Waals surface area contributed by atoms with E-state index in [2.05, 4.69) is 15.3 Å². The SMILES string of the molecule is CCCNC(c1ccc(F)cc1F)c1nccnc1OC. The van der Waals surface area contributed by atoms with Gasteiger partial charge >= 0.3 is 0 Å². The Morgan fingerprint density at radius 3 is 2.67 bits per heavy atom. The van der Waals surface area contributed by atoms with E-state index >= 15 is 0 Å². The molecule has 0 bridgehead atoms. The van der Waals surface area contributed by atoms with E-state index in [0.717, 1.165) is 12.5 Å². The second-order valence-electron chi connectivity index (χ2n) is 4.50. The first-order chi connectivity index (χ1) is 10.2. The van der Waals surface area contributed by atoms with Gasteiger partial charge in [0.25, 0.3) is 0 Å². The number of hydrogen-bond acceptors (Lipinski definition) is 4. The van der Waals surface area contributed by atoms with Crippen LogP contribution in [0.15, 0.2) is 30.6 Å². The zero-order valence-corrected chi connectivity index (χ0v) is 11.9. The lowest BCUT2D eigenvalue weighted by molar-refractivity contribution is 0.381. The van der Waals surface area contributed by atoms with E-state index in [-0.39, 0.29) is 0 Å². The normalized spacial score (nSPS) is 12.2. The minimum absolute atomic E-state index is 0.309. The van der Waals surface area contributed by atoms with Gasteiger partial charge in [-0.15, -0.1) is 0 Å². The Morgan fingerprint density at radius 2 is 2.00 bits per heavy atom. The van der Waals surface area contributed by atoms with Crippen molar-refractivity contribution in [2.45, 2.75) is 19.4 Å². The van der Waals surface area contributed by atoms with Crippen molar-refractivity contribution < 1.29 is 13.5 Å². The van der Waals surface area contributed by atoms with Gasteiger partial charge in [0.2, 0.25) is 5.88 Å². The Morgan fingerprint density at radius 1 is 1.24 bits per heavy atom. The van der Waals surface area contributed by atoms with Gasteiger partial charge in [-0.1, -0.05) is 13.0 Å². The van der Waals surface area contributed by atoms with Crippen LogP contribution in [0, 0.1) is 11.6 Å². The summed E-state index contributed by atoms with van der Waals surface area (Å²) in [6.07, 6.45) is 3.88. The number of aromatic nitrogens is 2. The maximum absolute atomic E-state index is 14.1. The molecule has 0 aliphatic carbocycles. The van der Waals surface area contributed by atoms with Gasteiger partial charge in [0.1, 0.15) is 17.3 Å². The number of hydrogen-bond donors (Lipinski definition) is 1. The second-order valence-corrected chi connectivity index (χ2v) is 4.50. The minimum atomic E-state index is -0.628. The molecule has 1 aromatic heterocycles. The first kappa shape index (κ1) is 15.3. The van der Waals surface area contributed by atoms with Crippen molar-refractivity contribution in [3.8, 4) is 5.88 Å². The Hall–Kier alpha value is -2.08. The Labute approximate surface area is 122 Å². The fraction of sp³-hybridized carbons (Fsp3) is 0.333. The number of nitrogens with zero attached hydrogens (tertiary/aromatic N) is 2. The van der Waals surface area contributed by atoms with Crippen LogP contribution in [-0.4, -0.2) is 23.6 Å². The van der Waals surface area contributed by atoms with Crippen molar-refractivity contribution in [1.29, 1.82) is 0 Å². The third-order valence-electron chi connectivity index (χ3n) is 3.03. The fourth-order valence-corrected chi connectivity index (χ4v) is 2.07. The number of ether oxygens (including phenoxy) is 1. The largest absolute Gasteiger partial charge is 0.480 e. The van der Waals surface area contributed by atoms with Gasteiger partial charge in [-0.25, -0.2) is 13.8 Å². The van der Waals surface area contributed by atoms with Crippen LogP contribution in [0.4, 0.5) is 8.78 Å². The molecular formula is C15H17F2N3O. The summed E-state index contributed by atoms with van der Waals surface area (Å²) in [5.41, 5.74) is 0.780. The summed E-state index contributed by atoms with van der Waals surface area (Å²) in [5, 5.41) is 3.19. The molecule has 4 nitrogen and oxygen atoms in total. The van der Waals surface area contributed by atoms with E-state index < -0.39 is 17.7 Å². The van der Waals surface area contributed by atoms with Crippen molar-refractivity contribution in [2.75, 3.05) is 13.7 Å². The highest BCUT2D eigenvalue weighted by atomic mass is 19.1. The quantitative estimate of drug-likeness (QED) is 0.889. The van der Waals surface area contributed by atoms with Gasteiger partial charge in [-0.05, 0) is 19.0 Å². The lowest BCUT2D eigenvalue weighted by atomic mass is 10.0. The minimum Gasteiger partial charge on any atom is -0.480 e. The maximum atomic E-state index is 14.1. The molecule has 1 heterocycles. The van der Waals surface area contributed by atoms with Crippen LogP contribution in [0.5, 0.6) is 5.88 Å². The molecule has 1 aromatic carbocycles. The molecule has 1 N–H and O–H groups in total. The Bertz CT molecular complexity index is 607. The van der Waals surface area contributed by atoms with Crippen LogP contribution >= 0.6 is 0 Å². The van der Waals surface area contributed by atoms with Gasteiger partial charge in [-0.2, -0.15) is 0 Å². The first-order valence-corrected chi connectivity index (χ1v) is 6.70. The molecule has 0 amide bonds. The Kier molecular flexibility index (Phi) is 5.16. The number of rotatable bonds is 6. The topological polar surface area (TPSA) is 47.0 Å². The molecule has 0 saturated carbocycles. The van der Waals surface area contributed by atoms with Crippen LogP contribution in [0.3, 0.4) is 0 Å². The summed E-state index contributed by atoms with van der Waals surface area (Å²) in [4.78, 5) is 8.31. The van der Waals surface area contributed by atoms with Crippen molar-refractivity contribution in [3.63, 3.8) is 0 Å². The molecule has 0 aliphatic heterocycles. The van der Waals surface area contributed by atoms with Crippen molar-refractivity contribution in [2.24, 2.45) is 0 Å². The summed E-state index contributed by atoms with van der Waals surface area (Å²) in [5.74, 6) is -0.928. The molecular weight excluding hydrogens is 276 g/mol. The molecule has 0 fully saturated rings. The molecule has 2 rings (SSSR count). The lowest BCUT2D eigenvalue weighted by Gasteiger charge is -2.20. The van der Waals surface area contributed by atoms with E-state index in [1.54, 1.807) is 0 Å². The molecule has 2 aromatic rings. The highest BCUT2D eigenvalue weighted by Gasteiger charge is 2.23. The van der Waals surface area contributed by atoms with E-state index in [1.807, 2.05) is 6.92 Å². The van der Waals surface area contributed by atoms with Crippen molar-refractivity contribution in [1.82, 2.24) is 15.3 Å². The second kappa shape index (κ2) is 7.08. The van der Waals surface area contributed by atoms with Gasteiger partial charge in [-0.3, -0.25) is 4.98 Å².